The number of nitrogens with one attached hydrogen (secondary N) is 1. The second kappa shape index (κ2) is 9.13. The third-order valence-corrected chi connectivity index (χ3v) is 7.50. The fourth-order valence-corrected chi connectivity index (χ4v) is 5.26. The van der Waals surface area contributed by atoms with Gasteiger partial charge in [0.15, 0.2) is 32.1 Å². The van der Waals surface area contributed by atoms with E-state index in [0.29, 0.717) is 27.9 Å². The van der Waals surface area contributed by atoms with Gasteiger partial charge in [-0.15, -0.1) is 11.3 Å². The first kappa shape index (κ1) is 22.0. The SMILES string of the molecule is COc1cccc2cc(-c3csc(NC(=O)CCCS(=O)(=O)c4ccc(C)cc4)n3)oc12. The normalized spacial score (nSPS) is 11.6. The summed E-state index contributed by atoms with van der Waals surface area (Å²) in [5.41, 5.74) is 2.23. The van der Waals surface area contributed by atoms with Gasteiger partial charge in [-0.2, -0.15) is 0 Å². The van der Waals surface area contributed by atoms with Crippen molar-refractivity contribution in [1.29, 1.82) is 0 Å². The maximum absolute atomic E-state index is 12.4. The van der Waals surface area contributed by atoms with Crippen molar-refractivity contribution in [3.05, 3.63) is 59.5 Å². The van der Waals surface area contributed by atoms with Crippen LogP contribution in [0.3, 0.4) is 0 Å². The molecule has 7 nitrogen and oxygen atoms in total. The van der Waals surface area contributed by atoms with Crippen LogP contribution in [0.15, 0.2) is 63.2 Å². The average Bonchev–Trinajstić information content (AvgIpc) is 3.40. The molecule has 0 saturated carbocycles. The maximum atomic E-state index is 12.4. The minimum absolute atomic E-state index is 0.0852. The summed E-state index contributed by atoms with van der Waals surface area (Å²) in [5, 5.41) is 5.85. The average molecular weight is 471 g/mol. The molecule has 0 spiro atoms. The van der Waals surface area contributed by atoms with E-state index in [9.17, 15) is 13.2 Å². The van der Waals surface area contributed by atoms with Crippen LogP contribution < -0.4 is 10.1 Å². The zero-order chi connectivity index (χ0) is 22.7. The van der Waals surface area contributed by atoms with Gasteiger partial charge in [0.1, 0.15) is 5.69 Å². The third-order valence-electron chi connectivity index (χ3n) is 4.93. The van der Waals surface area contributed by atoms with Crippen LogP contribution >= 0.6 is 11.3 Å². The predicted octanol–water partition coefficient (Wildman–Crippen LogP) is 5.07. The summed E-state index contributed by atoms with van der Waals surface area (Å²) in [7, 11) is -1.83. The summed E-state index contributed by atoms with van der Waals surface area (Å²) in [6, 6.07) is 14.2. The highest BCUT2D eigenvalue weighted by Gasteiger charge is 2.16. The Labute approximate surface area is 190 Å². The number of para-hydroxylation sites is 1. The van der Waals surface area contributed by atoms with Gasteiger partial charge in [-0.1, -0.05) is 29.8 Å². The lowest BCUT2D eigenvalue weighted by Crippen LogP contribution is -2.14. The van der Waals surface area contributed by atoms with E-state index in [1.807, 2.05) is 31.2 Å². The number of sulfone groups is 1. The molecule has 32 heavy (non-hydrogen) atoms. The van der Waals surface area contributed by atoms with Gasteiger partial charge in [0.25, 0.3) is 0 Å². The van der Waals surface area contributed by atoms with Crippen LogP contribution in [0.1, 0.15) is 18.4 Å². The van der Waals surface area contributed by atoms with Crippen molar-refractivity contribution in [3.8, 4) is 17.2 Å². The molecule has 2 heterocycles. The molecular weight excluding hydrogens is 448 g/mol. The van der Waals surface area contributed by atoms with E-state index in [4.69, 9.17) is 9.15 Å². The number of fused-ring (bicyclic) bond motifs is 1. The number of nitrogens with zero attached hydrogens (tertiary/aromatic N) is 1. The van der Waals surface area contributed by atoms with Crippen LogP contribution in [-0.4, -0.2) is 32.2 Å². The first-order valence-electron chi connectivity index (χ1n) is 9.97. The lowest BCUT2D eigenvalue weighted by atomic mass is 10.2. The smallest absolute Gasteiger partial charge is 0.226 e. The minimum Gasteiger partial charge on any atom is -0.493 e. The number of hydrogen-bond donors (Lipinski definition) is 1. The van der Waals surface area contributed by atoms with Gasteiger partial charge in [0, 0.05) is 17.2 Å². The maximum Gasteiger partial charge on any atom is 0.226 e. The summed E-state index contributed by atoms with van der Waals surface area (Å²) in [5.74, 6) is 0.841. The number of aryl methyl sites for hydroxylation is 1. The zero-order valence-corrected chi connectivity index (χ0v) is 19.3. The van der Waals surface area contributed by atoms with Crippen molar-refractivity contribution >= 4 is 43.2 Å². The Bertz CT molecular complexity index is 1350. The molecule has 4 aromatic rings. The molecule has 0 radical (unpaired) electrons. The highest BCUT2D eigenvalue weighted by molar-refractivity contribution is 7.91. The van der Waals surface area contributed by atoms with Gasteiger partial charge in [-0.25, -0.2) is 13.4 Å². The van der Waals surface area contributed by atoms with Crippen molar-refractivity contribution in [2.24, 2.45) is 0 Å². The quantitative estimate of drug-likeness (QED) is 0.386. The fourth-order valence-electron chi connectivity index (χ4n) is 3.24. The summed E-state index contributed by atoms with van der Waals surface area (Å²) in [4.78, 5) is 17.0. The van der Waals surface area contributed by atoms with Gasteiger partial charge in [-0.3, -0.25) is 4.79 Å². The van der Waals surface area contributed by atoms with Gasteiger partial charge in [0.2, 0.25) is 5.91 Å². The van der Waals surface area contributed by atoms with Gasteiger partial charge in [0.05, 0.1) is 17.8 Å². The number of benzene rings is 2. The number of rotatable bonds is 8. The molecule has 0 unspecified atom stereocenters. The summed E-state index contributed by atoms with van der Waals surface area (Å²) >= 11 is 1.28. The number of carbonyl (C=O) groups excluding carboxylic acids is 1. The molecule has 0 bridgehead atoms. The Hall–Kier alpha value is -3.17. The summed E-state index contributed by atoms with van der Waals surface area (Å²) in [6.45, 7) is 1.90. The number of furan rings is 1. The Morgan fingerprint density at radius 1 is 1.19 bits per heavy atom. The lowest BCUT2D eigenvalue weighted by Gasteiger charge is -2.05. The van der Waals surface area contributed by atoms with Crippen LogP contribution in [0.5, 0.6) is 5.75 Å². The largest absolute Gasteiger partial charge is 0.493 e. The molecule has 0 atom stereocenters. The Kier molecular flexibility index (Phi) is 6.29. The molecule has 2 aromatic heterocycles. The first-order valence-corrected chi connectivity index (χ1v) is 12.5. The molecule has 0 saturated heterocycles. The summed E-state index contributed by atoms with van der Waals surface area (Å²) in [6.07, 6.45) is 0.311. The van der Waals surface area contributed by atoms with Crippen LogP contribution in [0.25, 0.3) is 22.4 Å². The number of thiazole rings is 1. The Morgan fingerprint density at radius 2 is 1.97 bits per heavy atom. The van der Waals surface area contributed by atoms with E-state index < -0.39 is 9.84 Å². The number of carbonyl (C=O) groups is 1. The highest BCUT2D eigenvalue weighted by Crippen LogP contribution is 2.34. The van der Waals surface area contributed by atoms with Crippen molar-refractivity contribution in [2.75, 3.05) is 18.2 Å². The molecule has 2 aromatic carbocycles. The van der Waals surface area contributed by atoms with Crippen molar-refractivity contribution < 1.29 is 22.4 Å². The minimum atomic E-state index is -3.41. The zero-order valence-electron chi connectivity index (χ0n) is 17.6. The number of methoxy groups -OCH3 is 1. The van der Waals surface area contributed by atoms with E-state index in [2.05, 4.69) is 10.3 Å². The van der Waals surface area contributed by atoms with Crippen molar-refractivity contribution in [3.63, 3.8) is 0 Å². The number of anilines is 1. The van der Waals surface area contributed by atoms with Gasteiger partial charge in [-0.05, 0) is 37.6 Å². The standard InChI is InChI=1S/C23H22N2O5S2/c1-15-8-10-17(11-9-15)32(27,28)12-4-7-21(26)25-23-24-18(14-31-23)20-13-16-5-3-6-19(29-2)22(16)30-20/h3,5-6,8-11,13-14H,4,7,12H2,1-2H3,(H,24,25,26). The van der Waals surface area contributed by atoms with Crippen LogP contribution in [0, 0.1) is 6.92 Å². The topological polar surface area (TPSA) is 98.5 Å². The van der Waals surface area contributed by atoms with Gasteiger partial charge < -0.3 is 14.5 Å². The molecule has 1 amide bonds. The van der Waals surface area contributed by atoms with Crippen molar-refractivity contribution in [1.82, 2.24) is 4.98 Å². The van der Waals surface area contributed by atoms with Crippen LogP contribution in [-0.2, 0) is 14.6 Å². The highest BCUT2D eigenvalue weighted by atomic mass is 32.2. The summed E-state index contributed by atoms with van der Waals surface area (Å²) < 4.78 is 36.0. The van der Waals surface area contributed by atoms with E-state index >= 15 is 0 Å². The monoisotopic (exact) mass is 470 g/mol. The van der Waals surface area contributed by atoms with E-state index in [1.165, 1.54) is 11.3 Å². The van der Waals surface area contributed by atoms with E-state index in [-0.39, 0.29) is 29.4 Å². The predicted molar refractivity (Wildman–Crippen MR) is 125 cm³/mol. The van der Waals surface area contributed by atoms with Crippen molar-refractivity contribution in [2.45, 2.75) is 24.7 Å². The van der Waals surface area contributed by atoms with E-state index in [0.717, 1.165) is 10.9 Å². The third kappa shape index (κ3) is 4.84. The second-order valence-corrected chi connectivity index (χ2v) is 10.3. The molecule has 0 aliphatic rings. The molecule has 166 valence electrons. The Balaban J connectivity index is 1.35. The molecular formula is C23H22N2O5S2. The number of ether oxygens (including phenoxy) is 1. The van der Waals surface area contributed by atoms with Gasteiger partial charge >= 0.3 is 0 Å². The molecule has 0 aliphatic heterocycles. The number of aromatic nitrogens is 1. The molecule has 0 fully saturated rings. The number of amides is 1. The second-order valence-electron chi connectivity index (χ2n) is 7.31. The Morgan fingerprint density at radius 3 is 2.72 bits per heavy atom. The molecule has 9 heteroatoms. The molecule has 1 N–H and O–H groups in total. The van der Waals surface area contributed by atoms with E-state index in [1.54, 1.807) is 36.8 Å². The fraction of sp³-hybridized carbons (Fsp3) is 0.217. The van der Waals surface area contributed by atoms with Crippen LogP contribution in [0.4, 0.5) is 5.13 Å². The number of hydrogen-bond acceptors (Lipinski definition) is 7. The lowest BCUT2D eigenvalue weighted by molar-refractivity contribution is -0.116. The first-order chi connectivity index (χ1) is 15.4. The van der Waals surface area contributed by atoms with Crippen LogP contribution in [0.2, 0.25) is 0 Å². The molecule has 0 aliphatic carbocycles. The molecule has 4 rings (SSSR count).